The third-order valence-electron chi connectivity index (χ3n) is 2.65. The fourth-order valence-corrected chi connectivity index (χ4v) is 1.65. The minimum absolute atomic E-state index is 0.0478. The highest BCUT2D eigenvalue weighted by Gasteiger charge is 2.08. The first-order valence-electron chi connectivity index (χ1n) is 6.21. The van der Waals surface area contributed by atoms with Crippen LogP contribution in [0.1, 0.15) is 37.6 Å². The average molecular weight is 235 g/mol. The molecule has 4 heteroatoms. The van der Waals surface area contributed by atoms with Gasteiger partial charge in [-0.1, -0.05) is 6.92 Å². The molecule has 0 aliphatic rings. The van der Waals surface area contributed by atoms with Gasteiger partial charge in [-0.25, -0.2) is 0 Å². The topological polar surface area (TPSA) is 45.2 Å². The molecule has 0 saturated carbocycles. The van der Waals surface area contributed by atoms with E-state index >= 15 is 0 Å². The summed E-state index contributed by atoms with van der Waals surface area (Å²) in [5.41, 5.74) is 1.63. The number of carbonyl (C=O) groups excluding carboxylic acids is 1. The van der Waals surface area contributed by atoms with Crippen molar-refractivity contribution in [2.45, 2.75) is 27.2 Å². The lowest BCUT2D eigenvalue weighted by molar-refractivity contribution is 0.0953. The van der Waals surface area contributed by atoms with E-state index in [-0.39, 0.29) is 5.91 Å². The van der Waals surface area contributed by atoms with Crippen LogP contribution in [-0.2, 0) is 0 Å². The van der Waals surface area contributed by atoms with E-state index in [0.29, 0.717) is 12.1 Å². The summed E-state index contributed by atoms with van der Waals surface area (Å²) in [6.45, 7) is 8.75. The number of rotatable bonds is 6. The summed E-state index contributed by atoms with van der Waals surface area (Å²) >= 11 is 0. The Morgan fingerprint density at radius 2 is 2.00 bits per heavy atom. The highest BCUT2D eigenvalue weighted by Crippen LogP contribution is 2.13. The Morgan fingerprint density at radius 1 is 1.29 bits per heavy atom. The molecule has 1 amide bonds. The Labute approximate surface area is 103 Å². The molecule has 0 aromatic carbocycles. The molecule has 1 rings (SSSR count). The first kappa shape index (κ1) is 13.5. The number of nitrogens with one attached hydrogen (secondary N) is 1. The number of carbonyl (C=O) groups is 1. The molecular formula is C13H21N3O. The van der Waals surface area contributed by atoms with Crippen LogP contribution in [0.3, 0.4) is 0 Å². The van der Waals surface area contributed by atoms with Crippen molar-refractivity contribution >= 4 is 11.6 Å². The second-order valence-corrected chi connectivity index (χ2v) is 3.86. The molecule has 0 radical (unpaired) electrons. The third kappa shape index (κ3) is 3.73. The van der Waals surface area contributed by atoms with Gasteiger partial charge >= 0.3 is 0 Å². The lowest BCUT2D eigenvalue weighted by Gasteiger charge is -2.20. The molecule has 1 N–H and O–H groups in total. The van der Waals surface area contributed by atoms with Crippen molar-refractivity contribution in [2.24, 2.45) is 0 Å². The van der Waals surface area contributed by atoms with E-state index in [1.807, 2.05) is 13.0 Å². The van der Waals surface area contributed by atoms with Gasteiger partial charge in [0.2, 0.25) is 0 Å². The molecule has 1 aromatic rings. The van der Waals surface area contributed by atoms with Gasteiger partial charge in [-0.3, -0.25) is 9.78 Å². The summed E-state index contributed by atoms with van der Waals surface area (Å²) in [6, 6.07) is 1.89. The van der Waals surface area contributed by atoms with Crippen molar-refractivity contribution in [1.29, 1.82) is 0 Å². The van der Waals surface area contributed by atoms with Crippen molar-refractivity contribution in [3.8, 4) is 0 Å². The summed E-state index contributed by atoms with van der Waals surface area (Å²) in [4.78, 5) is 18.1. The van der Waals surface area contributed by atoms with E-state index in [2.05, 4.69) is 29.0 Å². The quantitative estimate of drug-likeness (QED) is 0.821. The number of amides is 1. The highest BCUT2D eigenvalue weighted by atomic mass is 16.1. The maximum absolute atomic E-state index is 11.8. The van der Waals surface area contributed by atoms with E-state index in [1.54, 1.807) is 12.4 Å². The molecule has 0 atom stereocenters. The Morgan fingerprint density at radius 3 is 2.59 bits per heavy atom. The van der Waals surface area contributed by atoms with Crippen molar-refractivity contribution in [1.82, 2.24) is 10.3 Å². The van der Waals surface area contributed by atoms with Gasteiger partial charge in [-0.05, 0) is 26.3 Å². The van der Waals surface area contributed by atoms with Crippen LogP contribution in [0.15, 0.2) is 18.5 Å². The van der Waals surface area contributed by atoms with Crippen LogP contribution in [0.2, 0.25) is 0 Å². The van der Waals surface area contributed by atoms with Crippen molar-refractivity contribution < 1.29 is 4.79 Å². The summed E-state index contributed by atoms with van der Waals surface area (Å²) in [5.74, 6) is -0.0478. The molecule has 4 nitrogen and oxygen atoms in total. The van der Waals surface area contributed by atoms with E-state index < -0.39 is 0 Å². The van der Waals surface area contributed by atoms with Gasteiger partial charge in [0.25, 0.3) is 5.91 Å². The SMILES string of the molecule is CCCNC(=O)c1cncc(N(CC)CC)c1. The molecule has 0 fully saturated rings. The first-order valence-corrected chi connectivity index (χ1v) is 6.21. The first-order chi connectivity index (χ1) is 8.22. The zero-order valence-electron chi connectivity index (χ0n) is 10.9. The van der Waals surface area contributed by atoms with Gasteiger partial charge in [0, 0.05) is 25.8 Å². The summed E-state index contributed by atoms with van der Waals surface area (Å²) < 4.78 is 0. The van der Waals surface area contributed by atoms with Gasteiger partial charge in [-0.2, -0.15) is 0 Å². The number of pyridine rings is 1. The molecule has 1 heterocycles. The molecular weight excluding hydrogens is 214 g/mol. The Hall–Kier alpha value is -1.58. The van der Waals surface area contributed by atoms with Gasteiger partial charge < -0.3 is 10.2 Å². The smallest absolute Gasteiger partial charge is 0.252 e. The van der Waals surface area contributed by atoms with Gasteiger partial charge in [0.05, 0.1) is 17.4 Å². The standard InChI is InChI=1S/C13H21N3O/c1-4-7-15-13(17)11-8-12(10-14-9-11)16(5-2)6-3/h8-10H,4-7H2,1-3H3,(H,15,17). The molecule has 0 bridgehead atoms. The van der Waals surface area contributed by atoms with Crippen LogP contribution >= 0.6 is 0 Å². The molecule has 0 saturated heterocycles. The van der Waals surface area contributed by atoms with Crippen LogP contribution < -0.4 is 10.2 Å². The number of aromatic nitrogens is 1. The van der Waals surface area contributed by atoms with Crippen LogP contribution in [0.25, 0.3) is 0 Å². The van der Waals surface area contributed by atoms with E-state index in [9.17, 15) is 4.79 Å². The molecule has 94 valence electrons. The van der Waals surface area contributed by atoms with Crippen LogP contribution in [0.5, 0.6) is 0 Å². The zero-order valence-corrected chi connectivity index (χ0v) is 10.9. The molecule has 1 aromatic heterocycles. The normalized spacial score (nSPS) is 10.1. The Kier molecular flexibility index (Phi) is 5.46. The number of anilines is 1. The van der Waals surface area contributed by atoms with E-state index in [1.165, 1.54) is 0 Å². The second kappa shape index (κ2) is 6.89. The molecule has 0 aliphatic carbocycles. The molecule has 0 aliphatic heterocycles. The van der Waals surface area contributed by atoms with Crippen molar-refractivity contribution in [3.63, 3.8) is 0 Å². The van der Waals surface area contributed by atoms with Gasteiger partial charge in [0.1, 0.15) is 0 Å². The third-order valence-corrected chi connectivity index (χ3v) is 2.65. The van der Waals surface area contributed by atoms with Crippen LogP contribution in [0.4, 0.5) is 5.69 Å². The van der Waals surface area contributed by atoms with Crippen LogP contribution in [-0.4, -0.2) is 30.5 Å². The van der Waals surface area contributed by atoms with Gasteiger partial charge in [0.15, 0.2) is 0 Å². The Bertz CT molecular complexity index is 361. The van der Waals surface area contributed by atoms with Crippen LogP contribution in [0, 0.1) is 0 Å². The lowest BCUT2D eigenvalue weighted by atomic mass is 10.2. The predicted octanol–water partition coefficient (Wildman–Crippen LogP) is 2.07. The summed E-state index contributed by atoms with van der Waals surface area (Å²) in [6.07, 6.45) is 4.34. The minimum atomic E-state index is -0.0478. The fourth-order valence-electron chi connectivity index (χ4n) is 1.65. The zero-order chi connectivity index (χ0) is 12.7. The van der Waals surface area contributed by atoms with Crippen molar-refractivity contribution in [3.05, 3.63) is 24.0 Å². The summed E-state index contributed by atoms with van der Waals surface area (Å²) in [5, 5.41) is 2.85. The maximum atomic E-state index is 11.8. The molecule has 0 spiro atoms. The monoisotopic (exact) mass is 235 g/mol. The fraction of sp³-hybridized carbons (Fsp3) is 0.538. The minimum Gasteiger partial charge on any atom is -0.371 e. The number of hydrogen-bond donors (Lipinski definition) is 1. The van der Waals surface area contributed by atoms with E-state index in [0.717, 1.165) is 25.2 Å². The lowest BCUT2D eigenvalue weighted by Crippen LogP contribution is -2.26. The summed E-state index contributed by atoms with van der Waals surface area (Å²) in [7, 11) is 0. The van der Waals surface area contributed by atoms with Gasteiger partial charge in [-0.15, -0.1) is 0 Å². The number of hydrogen-bond acceptors (Lipinski definition) is 3. The largest absolute Gasteiger partial charge is 0.371 e. The number of nitrogens with zero attached hydrogens (tertiary/aromatic N) is 2. The van der Waals surface area contributed by atoms with Crippen molar-refractivity contribution in [2.75, 3.05) is 24.5 Å². The Balaban J connectivity index is 2.81. The average Bonchev–Trinajstić information content (AvgIpc) is 2.38. The second-order valence-electron chi connectivity index (χ2n) is 3.86. The molecule has 0 unspecified atom stereocenters. The maximum Gasteiger partial charge on any atom is 0.252 e. The highest BCUT2D eigenvalue weighted by molar-refractivity contribution is 5.94. The van der Waals surface area contributed by atoms with E-state index in [4.69, 9.17) is 0 Å². The predicted molar refractivity (Wildman–Crippen MR) is 70.4 cm³/mol. The molecule has 17 heavy (non-hydrogen) atoms.